The number of carbonyl (C=O) groups excluding carboxylic acids is 2. The molecule has 7 heteroatoms. The van der Waals surface area contributed by atoms with Gasteiger partial charge in [-0.1, -0.05) is 0 Å². The highest BCUT2D eigenvalue weighted by Gasteiger charge is 2.39. The van der Waals surface area contributed by atoms with Crippen molar-refractivity contribution < 1.29 is 19.1 Å². The summed E-state index contributed by atoms with van der Waals surface area (Å²) in [6.07, 6.45) is 5.83. The average Bonchev–Trinajstić information content (AvgIpc) is 3.39. The van der Waals surface area contributed by atoms with Crippen LogP contribution in [0.2, 0.25) is 0 Å². The van der Waals surface area contributed by atoms with Gasteiger partial charge in [-0.3, -0.25) is 4.79 Å². The molecule has 168 valence electrons. The number of esters is 1. The van der Waals surface area contributed by atoms with E-state index in [9.17, 15) is 9.59 Å². The Hall–Kier alpha value is -2.38. The van der Waals surface area contributed by atoms with Gasteiger partial charge in [0.05, 0.1) is 18.8 Å². The maximum Gasteiger partial charge on any atom is 0.354 e. The zero-order valence-electron chi connectivity index (χ0n) is 18.6. The second-order valence-corrected chi connectivity index (χ2v) is 8.73. The van der Waals surface area contributed by atoms with Crippen molar-refractivity contribution in [2.45, 2.75) is 51.2 Å². The van der Waals surface area contributed by atoms with Gasteiger partial charge in [-0.2, -0.15) is 0 Å². The molecule has 2 aliphatic rings. The van der Waals surface area contributed by atoms with Crippen LogP contribution in [0.3, 0.4) is 0 Å². The predicted octanol–water partition coefficient (Wildman–Crippen LogP) is 3.48. The number of anilines is 1. The average molecular weight is 428 g/mol. The van der Waals surface area contributed by atoms with E-state index in [2.05, 4.69) is 10.6 Å². The SMILES string of the molecule is CCOC(=O)c1cc2cc(NC(=O)[C@H]3NCC[C@H]3C3CCC(OC)CC3)ccc2n1C. The van der Waals surface area contributed by atoms with Crippen LogP contribution >= 0.6 is 0 Å². The number of amides is 1. The molecule has 4 rings (SSSR count). The van der Waals surface area contributed by atoms with E-state index in [4.69, 9.17) is 9.47 Å². The Morgan fingerprint density at radius 1 is 1.16 bits per heavy atom. The zero-order chi connectivity index (χ0) is 22.0. The molecule has 1 amide bonds. The van der Waals surface area contributed by atoms with Crippen molar-refractivity contribution in [3.63, 3.8) is 0 Å². The highest BCUT2D eigenvalue weighted by Crippen LogP contribution is 2.37. The molecule has 0 bridgehead atoms. The molecule has 0 unspecified atom stereocenters. The molecule has 0 radical (unpaired) electrons. The summed E-state index contributed by atoms with van der Waals surface area (Å²) in [5.41, 5.74) is 2.17. The predicted molar refractivity (Wildman–Crippen MR) is 120 cm³/mol. The zero-order valence-corrected chi connectivity index (χ0v) is 18.6. The van der Waals surface area contributed by atoms with E-state index in [1.165, 1.54) is 0 Å². The highest BCUT2D eigenvalue weighted by atomic mass is 16.5. The van der Waals surface area contributed by atoms with Crippen molar-refractivity contribution in [1.29, 1.82) is 0 Å². The van der Waals surface area contributed by atoms with Crippen LogP contribution < -0.4 is 10.6 Å². The molecule has 2 N–H and O–H groups in total. The van der Waals surface area contributed by atoms with Gasteiger partial charge in [-0.05, 0) is 81.7 Å². The van der Waals surface area contributed by atoms with E-state index < -0.39 is 0 Å². The summed E-state index contributed by atoms with van der Waals surface area (Å²) in [6, 6.07) is 7.39. The minimum atomic E-state index is -0.340. The third kappa shape index (κ3) is 4.48. The molecule has 2 aromatic rings. The lowest BCUT2D eigenvalue weighted by Gasteiger charge is -2.33. The summed E-state index contributed by atoms with van der Waals surface area (Å²) in [5, 5.41) is 7.42. The smallest absolute Gasteiger partial charge is 0.354 e. The number of ether oxygens (including phenoxy) is 2. The second-order valence-electron chi connectivity index (χ2n) is 8.73. The molecule has 0 spiro atoms. The van der Waals surface area contributed by atoms with Gasteiger partial charge in [-0.15, -0.1) is 0 Å². The number of nitrogens with zero attached hydrogens (tertiary/aromatic N) is 1. The fourth-order valence-corrected chi connectivity index (χ4v) is 5.32. The largest absolute Gasteiger partial charge is 0.461 e. The lowest BCUT2D eigenvalue weighted by Crippen LogP contribution is -2.43. The van der Waals surface area contributed by atoms with Gasteiger partial charge in [0.15, 0.2) is 0 Å². The summed E-state index contributed by atoms with van der Waals surface area (Å²) in [5.74, 6) is 0.625. The van der Waals surface area contributed by atoms with Crippen LogP contribution in [-0.2, 0) is 21.3 Å². The first-order valence-corrected chi connectivity index (χ1v) is 11.4. The van der Waals surface area contributed by atoms with Crippen molar-refractivity contribution in [3.05, 3.63) is 30.0 Å². The standard InChI is InChI=1S/C24H33N3O4/c1-4-31-24(29)21-14-16-13-17(7-10-20(16)27(21)2)26-23(28)22-19(11-12-25-22)15-5-8-18(30-3)9-6-15/h7,10,13-15,18-19,22,25H,4-6,8-9,11-12H2,1-3H3,(H,26,28)/t15?,18?,19-,22-/m0/s1. The molecular weight excluding hydrogens is 394 g/mol. The monoisotopic (exact) mass is 427 g/mol. The molecule has 1 aromatic carbocycles. The molecule has 7 nitrogen and oxygen atoms in total. The molecule has 1 saturated heterocycles. The Bertz CT molecular complexity index is 946. The summed E-state index contributed by atoms with van der Waals surface area (Å²) in [4.78, 5) is 25.3. The molecular formula is C24H33N3O4. The van der Waals surface area contributed by atoms with E-state index >= 15 is 0 Å². The minimum absolute atomic E-state index is 0.0252. The maximum absolute atomic E-state index is 13.1. The highest BCUT2D eigenvalue weighted by molar-refractivity contribution is 6.00. The van der Waals surface area contributed by atoms with Gasteiger partial charge in [0.25, 0.3) is 0 Å². The Morgan fingerprint density at radius 3 is 2.65 bits per heavy atom. The van der Waals surface area contributed by atoms with Gasteiger partial charge >= 0.3 is 5.97 Å². The molecule has 2 fully saturated rings. The van der Waals surface area contributed by atoms with Crippen molar-refractivity contribution in [2.24, 2.45) is 18.9 Å². The summed E-state index contributed by atoms with van der Waals surface area (Å²) < 4.78 is 12.5. The maximum atomic E-state index is 13.1. The number of carbonyl (C=O) groups is 2. The van der Waals surface area contributed by atoms with Crippen LogP contribution in [0.4, 0.5) is 5.69 Å². The number of hydrogen-bond donors (Lipinski definition) is 2. The molecule has 1 aliphatic carbocycles. The Labute approximate surface area is 183 Å². The lowest BCUT2D eigenvalue weighted by atomic mass is 9.75. The topological polar surface area (TPSA) is 81.6 Å². The number of rotatable bonds is 6. The summed E-state index contributed by atoms with van der Waals surface area (Å²) in [7, 11) is 3.63. The number of methoxy groups -OCH3 is 1. The van der Waals surface area contributed by atoms with Crippen molar-refractivity contribution in [3.8, 4) is 0 Å². The lowest BCUT2D eigenvalue weighted by molar-refractivity contribution is -0.119. The second kappa shape index (κ2) is 9.40. The number of hydrogen-bond acceptors (Lipinski definition) is 5. The first-order chi connectivity index (χ1) is 15.0. The van der Waals surface area contributed by atoms with Crippen molar-refractivity contribution >= 4 is 28.5 Å². The Balaban J connectivity index is 1.45. The molecule has 2 heterocycles. The van der Waals surface area contributed by atoms with Crippen LogP contribution in [-0.4, -0.2) is 48.9 Å². The number of fused-ring (bicyclic) bond motifs is 1. The fraction of sp³-hybridized carbons (Fsp3) is 0.583. The van der Waals surface area contributed by atoms with Gasteiger partial charge < -0.3 is 24.7 Å². The summed E-state index contributed by atoms with van der Waals surface area (Å²) >= 11 is 0. The molecule has 1 aliphatic heterocycles. The molecule has 31 heavy (non-hydrogen) atoms. The van der Waals surface area contributed by atoms with Gasteiger partial charge in [0.2, 0.25) is 5.91 Å². The molecule has 1 saturated carbocycles. The van der Waals surface area contributed by atoms with Crippen LogP contribution in [0.15, 0.2) is 24.3 Å². The third-order valence-electron chi connectivity index (χ3n) is 7.00. The van der Waals surface area contributed by atoms with E-state index in [-0.39, 0.29) is 17.9 Å². The van der Waals surface area contributed by atoms with Gasteiger partial charge in [0.1, 0.15) is 5.69 Å². The van der Waals surface area contributed by atoms with Crippen LogP contribution in [0.25, 0.3) is 10.9 Å². The van der Waals surface area contributed by atoms with E-state index in [1.807, 2.05) is 35.9 Å². The quantitative estimate of drug-likeness (QED) is 0.690. The van der Waals surface area contributed by atoms with Crippen molar-refractivity contribution in [2.75, 3.05) is 25.6 Å². The number of aromatic nitrogens is 1. The van der Waals surface area contributed by atoms with Crippen LogP contribution in [0.5, 0.6) is 0 Å². The first kappa shape index (κ1) is 21.8. The van der Waals surface area contributed by atoms with Gasteiger partial charge in [0, 0.05) is 30.7 Å². The van der Waals surface area contributed by atoms with Crippen molar-refractivity contribution in [1.82, 2.24) is 9.88 Å². The van der Waals surface area contributed by atoms with E-state index in [1.54, 1.807) is 14.0 Å². The number of nitrogens with one attached hydrogen (secondary N) is 2. The van der Waals surface area contributed by atoms with E-state index in [0.717, 1.165) is 55.2 Å². The Morgan fingerprint density at radius 2 is 1.94 bits per heavy atom. The minimum Gasteiger partial charge on any atom is -0.461 e. The normalized spacial score (nSPS) is 26.2. The van der Waals surface area contributed by atoms with Crippen LogP contribution in [0, 0.1) is 11.8 Å². The fourth-order valence-electron chi connectivity index (χ4n) is 5.32. The third-order valence-corrected chi connectivity index (χ3v) is 7.00. The number of benzene rings is 1. The molecule has 1 aromatic heterocycles. The van der Waals surface area contributed by atoms with Crippen LogP contribution in [0.1, 0.15) is 49.5 Å². The van der Waals surface area contributed by atoms with Gasteiger partial charge in [-0.25, -0.2) is 4.79 Å². The van der Waals surface area contributed by atoms with E-state index in [0.29, 0.717) is 30.2 Å². The number of aryl methyl sites for hydroxylation is 1. The molecule has 2 atom stereocenters. The first-order valence-electron chi connectivity index (χ1n) is 11.4. The Kier molecular flexibility index (Phi) is 6.62. The summed E-state index contributed by atoms with van der Waals surface area (Å²) in [6.45, 7) is 3.01.